The Bertz CT molecular complexity index is 1170. The second-order valence-electron chi connectivity index (χ2n) is 6.99. The van der Waals surface area contributed by atoms with Gasteiger partial charge in [-0.05, 0) is 37.6 Å². The molecule has 0 aliphatic carbocycles. The Hall–Kier alpha value is -3.00. The number of aromatic nitrogens is 3. The second kappa shape index (κ2) is 6.87. The lowest BCUT2D eigenvalue weighted by atomic mass is 9.95. The van der Waals surface area contributed by atoms with Crippen molar-refractivity contribution in [2.75, 3.05) is 13.7 Å². The van der Waals surface area contributed by atoms with Gasteiger partial charge in [-0.2, -0.15) is 0 Å². The van der Waals surface area contributed by atoms with E-state index in [0.29, 0.717) is 6.54 Å². The SMILES string of the molecule is CCn1c(O)c([C@H]2[NH2+]CCc3c2[nH]c2ccc(OC)cc32)c(=O)n(CC)c1=O. The van der Waals surface area contributed by atoms with Crippen LogP contribution in [0.1, 0.15) is 36.7 Å². The molecule has 0 saturated carbocycles. The molecule has 1 aliphatic heterocycles. The van der Waals surface area contributed by atoms with Gasteiger partial charge < -0.3 is 20.1 Å². The highest BCUT2D eigenvalue weighted by Crippen LogP contribution is 2.33. The van der Waals surface area contributed by atoms with Gasteiger partial charge in [0.15, 0.2) is 6.04 Å². The Morgan fingerprint density at radius 1 is 1.25 bits per heavy atom. The summed E-state index contributed by atoms with van der Waals surface area (Å²) < 4.78 is 7.80. The van der Waals surface area contributed by atoms with Crippen LogP contribution in [-0.2, 0) is 19.5 Å². The minimum absolute atomic E-state index is 0.243. The number of H-pyrrole nitrogens is 1. The summed E-state index contributed by atoms with van der Waals surface area (Å²) in [6.45, 7) is 4.86. The molecular weight excluding hydrogens is 360 g/mol. The molecule has 28 heavy (non-hydrogen) atoms. The average molecular weight is 385 g/mol. The Balaban J connectivity index is 1.99. The minimum atomic E-state index is -0.478. The molecule has 1 aliphatic rings. The molecule has 2 aromatic heterocycles. The number of methoxy groups -OCH3 is 1. The molecule has 0 fully saturated rings. The number of hydrogen-bond acceptors (Lipinski definition) is 4. The van der Waals surface area contributed by atoms with E-state index >= 15 is 0 Å². The highest BCUT2D eigenvalue weighted by Gasteiger charge is 2.35. The van der Waals surface area contributed by atoms with Crippen molar-refractivity contribution in [3.63, 3.8) is 0 Å². The van der Waals surface area contributed by atoms with Crippen LogP contribution >= 0.6 is 0 Å². The van der Waals surface area contributed by atoms with E-state index in [1.807, 2.05) is 23.5 Å². The lowest BCUT2D eigenvalue weighted by Gasteiger charge is -2.23. The number of nitrogens with two attached hydrogens (primary N) is 1. The molecule has 8 heteroatoms. The number of benzene rings is 1. The van der Waals surface area contributed by atoms with E-state index in [4.69, 9.17) is 4.74 Å². The van der Waals surface area contributed by atoms with Gasteiger partial charge in [-0.25, -0.2) is 4.79 Å². The van der Waals surface area contributed by atoms with Crippen molar-refractivity contribution in [3.05, 3.63) is 55.9 Å². The summed E-state index contributed by atoms with van der Waals surface area (Å²) in [6, 6.07) is 5.44. The van der Waals surface area contributed by atoms with E-state index < -0.39 is 17.3 Å². The summed E-state index contributed by atoms with van der Waals surface area (Å²) in [5.74, 6) is 0.531. The number of aromatic hydroxyl groups is 1. The maximum atomic E-state index is 13.1. The first kappa shape index (κ1) is 18.4. The minimum Gasteiger partial charge on any atom is -0.497 e. The number of hydrogen-bond donors (Lipinski definition) is 3. The zero-order valence-electron chi connectivity index (χ0n) is 16.3. The number of ether oxygens (including phenoxy) is 1. The van der Waals surface area contributed by atoms with Crippen molar-refractivity contribution in [1.82, 2.24) is 14.1 Å². The molecule has 3 heterocycles. The molecule has 0 spiro atoms. The van der Waals surface area contributed by atoms with Crippen molar-refractivity contribution in [3.8, 4) is 11.6 Å². The number of nitrogens with zero attached hydrogens (tertiary/aromatic N) is 2. The summed E-state index contributed by atoms with van der Waals surface area (Å²) >= 11 is 0. The smallest absolute Gasteiger partial charge is 0.333 e. The van der Waals surface area contributed by atoms with Crippen molar-refractivity contribution in [2.24, 2.45) is 0 Å². The van der Waals surface area contributed by atoms with Crippen molar-refractivity contribution >= 4 is 10.9 Å². The number of fused-ring (bicyclic) bond motifs is 3. The van der Waals surface area contributed by atoms with E-state index in [-0.39, 0.29) is 18.0 Å². The molecule has 8 nitrogen and oxygen atoms in total. The summed E-state index contributed by atoms with van der Waals surface area (Å²) in [5.41, 5.74) is 2.32. The van der Waals surface area contributed by atoms with Crippen LogP contribution in [0, 0.1) is 0 Å². The van der Waals surface area contributed by atoms with E-state index in [1.54, 1.807) is 21.0 Å². The average Bonchev–Trinajstić information content (AvgIpc) is 3.07. The van der Waals surface area contributed by atoms with Crippen LogP contribution < -0.4 is 21.3 Å². The topological polar surface area (TPSA) is 106 Å². The van der Waals surface area contributed by atoms with Gasteiger partial charge in [-0.3, -0.25) is 13.9 Å². The Labute approximate surface area is 161 Å². The third kappa shape index (κ3) is 2.56. The first-order valence-electron chi connectivity index (χ1n) is 9.60. The molecule has 4 N–H and O–H groups in total. The van der Waals surface area contributed by atoms with E-state index in [9.17, 15) is 14.7 Å². The van der Waals surface area contributed by atoms with Crippen LogP contribution in [0.5, 0.6) is 11.6 Å². The van der Waals surface area contributed by atoms with Gasteiger partial charge in [0.2, 0.25) is 5.88 Å². The fourth-order valence-electron chi connectivity index (χ4n) is 4.23. The first-order valence-corrected chi connectivity index (χ1v) is 9.60. The van der Waals surface area contributed by atoms with Crippen LogP contribution in [0.4, 0.5) is 0 Å². The molecule has 3 aromatic rings. The summed E-state index contributed by atoms with van der Waals surface area (Å²) in [5, 5.41) is 13.9. The number of rotatable bonds is 4. The zero-order valence-corrected chi connectivity index (χ0v) is 16.3. The largest absolute Gasteiger partial charge is 0.497 e. The Morgan fingerprint density at radius 3 is 2.68 bits per heavy atom. The summed E-state index contributed by atoms with van der Waals surface area (Å²) in [6.07, 6.45) is 0.842. The van der Waals surface area contributed by atoms with Crippen molar-refractivity contribution in [1.29, 1.82) is 0 Å². The molecule has 0 radical (unpaired) electrons. The van der Waals surface area contributed by atoms with Crippen LogP contribution in [0.15, 0.2) is 27.8 Å². The van der Waals surface area contributed by atoms with E-state index in [2.05, 4.69) is 4.98 Å². The Kier molecular flexibility index (Phi) is 4.50. The predicted octanol–water partition coefficient (Wildman–Crippen LogP) is 0.454. The first-order chi connectivity index (χ1) is 13.5. The summed E-state index contributed by atoms with van der Waals surface area (Å²) in [4.78, 5) is 29.0. The third-order valence-corrected chi connectivity index (χ3v) is 5.63. The third-order valence-electron chi connectivity index (χ3n) is 5.63. The predicted molar refractivity (Wildman–Crippen MR) is 105 cm³/mol. The second-order valence-corrected chi connectivity index (χ2v) is 6.99. The van der Waals surface area contributed by atoms with Gasteiger partial charge in [-0.15, -0.1) is 0 Å². The van der Waals surface area contributed by atoms with Gasteiger partial charge in [0.25, 0.3) is 5.56 Å². The maximum Gasteiger partial charge on any atom is 0.333 e. The molecule has 0 unspecified atom stereocenters. The standard InChI is InChI=1S/C20H24N4O4/c1-4-23-18(25)15(19(26)24(5-2)20(23)27)17-16-12(8-9-21-17)13-10-11(28-3)6-7-14(13)22-16/h6-7,10,17,21-22,25H,4-5,8-9H2,1-3H3/p+1/t17-/m1/s1. The zero-order chi connectivity index (χ0) is 20.0. The molecular formula is C20H25N4O4+. The summed E-state index contributed by atoms with van der Waals surface area (Å²) in [7, 11) is 1.63. The van der Waals surface area contributed by atoms with E-state index in [1.165, 1.54) is 9.13 Å². The van der Waals surface area contributed by atoms with Gasteiger partial charge in [0, 0.05) is 30.4 Å². The van der Waals surface area contributed by atoms with Crippen LogP contribution in [-0.4, -0.2) is 32.9 Å². The van der Waals surface area contributed by atoms with Gasteiger partial charge in [-0.1, -0.05) is 0 Å². The van der Waals surface area contributed by atoms with Crippen LogP contribution in [0.2, 0.25) is 0 Å². The fraction of sp³-hybridized carbons (Fsp3) is 0.400. The quantitative estimate of drug-likeness (QED) is 0.606. The van der Waals surface area contributed by atoms with Crippen LogP contribution in [0.3, 0.4) is 0 Å². The molecule has 1 atom stereocenters. The number of quaternary nitrogens is 1. The molecule has 148 valence electrons. The highest BCUT2D eigenvalue weighted by molar-refractivity contribution is 5.86. The number of nitrogens with one attached hydrogen (secondary N) is 1. The highest BCUT2D eigenvalue weighted by atomic mass is 16.5. The molecule has 0 saturated heterocycles. The molecule has 0 amide bonds. The van der Waals surface area contributed by atoms with Crippen molar-refractivity contribution < 1.29 is 15.2 Å². The van der Waals surface area contributed by atoms with Gasteiger partial charge >= 0.3 is 5.69 Å². The monoisotopic (exact) mass is 385 g/mol. The lowest BCUT2D eigenvalue weighted by molar-refractivity contribution is -0.690. The Morgan fingerprint density at radius 2 is 2.00 bits per heavy atom. The molecule has 0 bridgehead atoms. The fourth-order valence-corrected chi connectivity index (χ4v) is 4.23. The van der Waals surface area contributed by atoms with Crippen molar-refractivity contribution in [2.45, 2.75) is 39.4 Å². The lowest BCUT2D eigenvalue weighted by Crippen LogP contribution is -2.88. The van der Waals surface area contributed by atoms with Gasteiger partial charge in [0.1, 0.15) is 11.3 Å². The van der Waals surface area contributed by atoms with Crippen LogP contribution in [0.25, 0.3) is 10.9 Å². The normalized spacial score (nSPS) is 16.3. The van der Waals surface area contributed by atoms with E-state index in [0.717, 1.165) is 40.9 Å². The molecule has 1 aromatic carbocycles. The van der Waals surface area contributed by atoms with Gasteiger partial charge in [0.05, 0.1) is 19.3 Å². The molecule has 4 rings (SSSR count). The maximum absolute atomic E-state index is 13.1. The number of aromatic amines is 1.